The molecular weight excluding hydrogens is 287 g/mol. The van der Waals surface area contributed by atoms with E-state index in [0.717, 1.165) is 18.2 Å². The summed E-state index contributed by atoms with van der Waals surface area (Å²) in [4.78, 5) is 12.9. The van der Waals surface area contributed by atoms with E-state index in [9.17, 15) is 18.0 Å². The number of thiol groups is 1. The molecule has 98 valence electrons. The minimum atomic E-state index is -4.46. The third-order valence-corrected chi connectivity index (χ3v) is 3.33. The van der Waals surface area contributed by atoms with E-state index in [1.54, 1.807) is 0 Å². The van der Waals surface area contributed by atoms with E-state index >= 15 is 0 Å². The second-order valence-electron chi connectivity index (χ2n) is 4.03. The molecule has 2 rings (SSSR count). The Balaban J connectivity index is 2.41. The molecule has 1 unspecified atom stereocenters. The topological polar surface area (TPSA) is 20.3 Å². The van der Waals surface area contributed by atoms with Crippen LogP contribution in [0, 0.1) is 0 Å². The molecule has 0 saturated carbocycles. The number of hydrogen-bond acceptors (Lipinski definition) is 2. The van der Waals surface area contributed by atoms with Crippen molar-refractivity contribution in [3.8, 4) is 0 Å². The Hall–Kier alpha value is -0.880. The van der Waals surface area contributed by atoms with E-state index in [2.05, 4.69) is 12.6 Å². The monoisotopic (exact) mass is 295 g/mol. The predicted octanol–water partition coefficient (Wildman–Crippen LogP) is 3.39. The highest BCUT2D eigenvalue weighted by atomic mass is 35.5. The van der Waals surface area contributed by atoms with E-state index in [0.29, 0.717) is 0 Å². The number of alkyl halides is 3. The molecule has 0 aromatic heterocycles. The van der Waals surface area contributed by atoms with Crippen molar-refractivity contribution >= 4 is 35.8 Å². The lowest BCUT2D eigenvalue weighted by atomic mass is 10.2. The van der Waals surface area contributed by atoms with Gasteiger partial charge in [-0.05, 0) is 18.2 Å². The third kappa shape index (κ3) is 2.59. The van der Waals surface area contributed by atoms with Gasteiger partial charge in [0.15, 0.2) is 0 Å². The van der Waals surface area contributed by atoms with Crippen LogP contribution < -0.4 is 4.90 Å². The van der Waals surface area contributed by atoms with E-state index in [1.807, 2.05) is 0 Å². The van der Waals surface area contributed by atoms with Gasteiger partial charge in [-0.3, -0.25) is 4.79 Å². The van der Waals surface area contributed by atoms with Crippen LogP contribution in [-0.4, -0.2) is 17.7 Å². The first-order valence-corrected chi connectivity index (χ1v) is 6.03. The Bertz CT molecular complexity index is 492. The van der Waals surface area contributed by atoms with Gasteiger partial charge in [0.1, 0.15) is 0 Å². The number of hydrogen-bond donors (Lipinski definition) is 1. The second-order valence-corrected chi connectivity index (χ2v) is 5.16. The minimum absolute atomic E-state index is 0.0908. The average molecular weight is 296 g/mol. The van der Waals surface area contributed by atoms with Gasteiger partial charge in [0.05, 0.1) is 16.3 Å². The Kier molecular flexibility index (Phi) is 3.51. The SMILES string of the molecule is O=C1CC(S)CN1c1cc(C(F)(F)F)ccc1Cl. The Morgan fingerprint density at radius 1 is 1.39 bits per heavy atom. The highest BCUT2D eigenvalue weighted by Crippen LogP contribution is 2.37. The van der Waals surface area contributed by atoms with E-state index in [-0.39, 0.29) is 34.8 Å². The van der Waals surface area contributed by atoms with Crippen LogP contribution in [0.4, 0.5) is 18.9 Å². The molecule has 1 heterocycles. The van der Waals surface area contributed by atoms with E-state index in [1.165, 1.54) is 4.90 Å². The molecule has 1 aliphatic heterocycles. The summed E-state index contributed by atoms with van der Waals surface area (Å²) < 4.78 is 37.8. The van der Waals surface area contributed by atoms with Crippen LogP contribution >= 0.6 is 24.2 Å². The lowest BCUT2D eigenvalue weighted by molar-refractivity contribution is -0.137. The zero-order valence-corrected chi connectivity index (χ0v) is 10.7. The van der Waals surface area contributed by atoms with Crippen molar-refractivity contribution in [2.45, 2.75) is 17.8 Å². The maximum absolute atomic E-state index is 12.6. The number of rotatable bonds is 1. The number of carbonyl (C=O) groups is 1. The molecular formula is C11H9ClF3NOS. The number of nitrogens with zero attached hydrogens (tertiary/aromatic N) is 1. The van der Waals surface area contributed by atoms with Gasteiger partial charge < -0.3 is 4.90 Å². The van der Waals surface area contributed by atoms with Crippen LogP contribution in [0.25, 0.3) is 0 Å². The van der Waals surface area contributed by atoms with Crippen LogP contribution in [0.15, 0.2) is 18.2 Å². The van der Waals surface area contributed by atoms with Crippen LogP contribution in [0.1, 0.15) is 12.0 Å². The predicted molar refractivity (Wildman–Crippen MR) is 66.2 cm³/mol. The molecule has 18 heavy (non-hydrogen) atoms. The highest BCUT2D eigenvalue weighted by molar-refractivity contribution is 7.81. The van der Waals surface area contributed by atoms with Gasteiger partial charge in [-0.1, -0.05) is 11.6 Å². The summed E-state index contributed by atoms with van der Waals surface area (Å²) in [6, 6.07) is 2.94. The van der Waals surface area contributed by atoms with Gasteiger partial charge in [-0.2, -0.15) is 25.8 Å². The standard InChI is InChI=1S/C11H9ClF3NOS/c12-8-2-1-6(11(13,14)15)3-9(8)16-5-7(18)4-10(16)17/h1-3,7,18H,4-5H2. The van der Waals surface area contributed by atoms with Crippen LogP contribution in [0.2, 0.25) is 5.02 Å². The van der Waals surface area contributed by atoms with Gasteiger partial charge in [0, 0.05) is 18.2 Å². The van der Waals surface area contributed by atoms with Crippen LogP contribution in [0.3, 0.4) is 0 Å². The second kappa shape index (κ2) is 4.66. The molecule has 1 aliphatic rings. The zero-order chi connectivity index (χ0) is 13.5. The lowest BCUT2D eigenvalue weighted by Gasteiger charge is -2.19. The van der Waals surface area contributed by atoms with Gasteiger partial charge in [0.2, 0.25) is 5.91 Å². The molecule has 0 spiro atoms. The third-order valence-electron chi connectivity index (χ3n) is 2.67. The quantitative estimate of drug-likeness (QED) is 0.788. The number of benzene rings is 1. The number of carbonyl (C=O) groups excluding carboxylic acids is 1. The van der Waals surface area contributed by atoms with E-state index < -0.39 is 11.7 Å². The fraction of sp³-hybridized carbons (Fsp3) is 0.364. The number of amides is 1. The number of halogens is 4. The van der Waals surface area contributed by atoms with Crippen molar-refractivity contribution < 1.29 is 18.0 Å². The van der Waals surface area contributed by atoms with Crippen molar-refractivity contribution in [1.82, 2.24) is 0 Å². The average Bonchev–Trinajstić information content (AvgIpc) is 2.56. The maximum atomic E-state index is 12.6. The molecule has 0 bridgehead atoms. The molecule has 0 N–H and O–H groups in total. The van der Waals surface area contributed by atoms with Crippen molar-refractivity contribution in [2.75, 3.05) is 11.4 Å². The summed E-state index contributed by atoms with van der Waals surface area (Å²) in [7, 11) is 0. The highest BCUT2D eigenvalue weighted by Gasteiger charge is 2.34. The summed E-state index contributed by atoms with van der Waals surface area (Å²) in [6.07, 6.45) is -4.25. The minimum Gasteiger partial charge on any atom is -0.310 e. The molecule has 1 atom stereocenters. The summed E-state index contributed by atoms with van der Waals surface area (Å²) in [5, 5.41) is -0.0538. The lowest BCUT2D eigenvalue weighted by Crippen LogP contribution is -2.25. The zero-order valence-electron chi connectivity index (χ0n) is 9.04. The van der Waals surface area contributed by atoms with E-state index in [4.69, 9.17) is 11.6 Å². The van der Waals surface area contributed by atoms with Crippen molar-refractivity contribution in [1.29, 1.82) is 0 Å². The van der Waals surface area contributed by atoms with Gasteiger partial charge in [0.25, 0.3) is 0 Å². The molecule has 1 aromatic carbocycles. The van der Waals surface area contributed by atoms with Crippen molar-refractivity contribution in [3.05, 3.63) is 28.8 Å². The molecule has 1 fully saturated rings. The largest absolute Gasteiger partial charge is 0.416 e. The first kappa shape index (κ1) is 13.5. The summed E-state index contributed by atoms with van der Waals surface area (Å²) in [5.74, 6) is -0.267. The van der Waals surface area contributed by atoms with Crippen molar-refractivity contribution in [2.24, 2.45) is 0 Å². The fourth-order valence-electron chi connectivity index (χ4n) is 1.82. The van der Waals surface area contributed by atoms with Crippen LogP contribution in [0.5, 0.6) is 0 Å². The van der Waals surface area contributed by atoms with Crippen LogP contribution in [-0.2, 0) is 11.0 Å². The maximum Gasteiger partial charge on any atom is 0.416 e. The fourth-order valence-corrected chi connectivity index (χ4v) is 2.36. The first-order chi connectivity index (χ1) is 8.29. The summed E-state index contributed by atoms with van der Waals surface area (Å²) in [5.41, 5.74) is -0.731. The Morgan fingerprint density at radius 2 is 2.06 bits per heavy atom. The summed E-state index contributed by atoms with van der Waals surface area (Å²) in [6.45, 7) is 0.267. The molecule has 1 amide bonds. The molecule has 1 saturated heterocycles. The van der Waals surface area contributed by atoms with Gasteiger partial charge >= 0.3 is 6.18 Å². The summed E-state index contributed by atoms with van der Waals surface area (Å²) >= 11 is 10.0. The Morgan fingerprint density at radius 3 is 2.56 bits per heavy atom. The Labute approximate surface area is 112 Å². The molecule has 7 heteroatoms. The smallest absolute Gasteiger partial charge is 0.310 e. The molecule has 0 radical (unpaired) electrons. The normalized spacial score (nSPS) is 20.6. The first-order valence-electron chi connectivity index (χ1n) is 5.14. The van der Waals surface area contributed by atoms with Gasteiger partial charge in [-0.25, -0.2) is 0 Å². The van der Waals surface area contributed by atoms with Crippen molar-refractivity contribution in [3.63, 3.8) is 0 Å². The molecule has 0 aliphatic carbocycles. The number of anilines is 1. The van der Waals surface area contributed by atoms with Gasteiger partial charge in [-0.15, -0.1) is 0 Å². The molecule has 2 nitrogen and oxygen atoms in total. The molecule has 1 aromatic rings.